The molecule has 0 saturated heterocycles. The predicted octanol–water partition coefficient (Wildman–Crippen LogP) is 3.68. The van der Waals surface area contributed by atoms with Crippen molar-refractivity contribution in [2.75, 3.05) is 0 Å². The summed E-state index contributed by atoms with van der Waals surface area (Å²) in [5, 5.41) is 4.48. The summed E-state index contributed by atoms with van der Waals surface area (Å²) in [6, 6.07) is 0.288. The minimum absolute atomic E-state index is 0.288. The van der Waals surface area contributed by atoms with Gasteiger partial charge in [-0.15, -0.1) is 0 Å². The molecule has 3 nitrogen and oxygen atoms in total. The van der Waals surface area contributed by atoms with Gasteiger partial charge in [0.15, 0.2) is 0 Å². The van der Waals surface area contributed by atoms with Crippen molar-refractivity contribution in [1.29, 1.82) is 0 Å². The van der Waals surface area contributed by atoms with Crippen molar-refractivity contribution in [2.24, 2.45) is 11.7 Å². The number of nitrogens with two attached hydrogens (primary N) is 1. The average Bonchev–Trinajstić information content (AvgIpc) is 2.72. The van der Waals surface area contributed by atoms with E-state index in [1.807, 2.05) is 6.20 Å². The molecule has 0 bridgehead atoms. The Labute approximate surface area is 118 Å². The van der Waals surface area contributed by atoms with Crippen molar-refractivity contribution in [2.45, 2.75) is 64.5 Å². The molecular weight excluding hydrogens is 290 g/mol. The second kappa shape index (κ2) is 6.20. The Morgan fingerprint density at radius 1 is 1.44 bits per heavy atom. The summed E-state index contributed by atoms with van der Waals surface area (Å²) in [6.07, 6.45) is 7.95. The quantitative estimate of drug-likeness (QED) is 0.921. The number of hydrogen-bond acceptors (Lipinski definition) is 2. The van der Waals surface area contributed by atoms with Crippen LogP contribution < -0.4 is 5.73 Å². The number of rotatable bonds is 4. The zero-order valence-electron chi connectivity index (χ0n) is 11.4. The highest BCUT2D eigenvalue weighted by atomic mass is 79.9. The van der Waals surface area contributed by atoms with Crippen molar-refractivity contribution >= 4 is 15.9 Å². The highest BCUT2D eigenvalue weighted by Crippen LogP contribution is 2.39. The Kier molecular flexibility index (Phi) is 4.84. The normalized spacial score (nSPS) is 28.6. The van der Waals surface area contributed by atoms with Crippen molar-refractivity contribution < 1.29 is 0 Å². The zero-order chi connectivity index (χ0) is 13.1. The van der Waals surface area contributed by atoms with E-state index in [0.717, 1.165) is 29.8 Å². The van der Waals surface area contributed by atoms with E-state index in [0.29, 0.717) is 5.92 Å². The van der Waals surface area contributed by atoms with Gasteiger partial charge in [-0.25, -0.2) is 0 Å². The molecule has 2 N–H and O–H groups in total. The number of nitrogens with zero attached hydrogens (tertiary/aromatic N) is 2. The van der Waals surface area contributed by atoms with Crippen molar-refractivity contribution in [1.82, 2.24) is 9.78 Å². The molecule has 1 aliphatic rings. The van der Waals surface area contributed by atoms with Crippen LogP contribution in [-0.4, -0.2) is 15.8 Å². The zero-order valence-corrected chi connectivity index (χ0v) is 13.0. The standard InChI is InChI=1S/C14H24BrN3/c1-3-7-18-14(12(15)9-17-18)11-8-10(4-2)5-6-13(11)16/h9-11,13H,3-8,16H2,1-2H3. The number of halogens is 1. The van der Waals surface area contributed by atoms with Gasteiger partial charge in [0, 0.05) is 18.5 Å². The molecule has 1 fully saturated rings. The van der Waals surface area contributed by atoms with E-state index >= 15 is 0 Å². The van der Waals surface area contributed by atoms with Crippen molar-refractivity contribution in [3.05, 3.63) is 16.4 Å². The lowest BCUT2D eigenvalue weighted by Crippen LogP contribution is -2.36. The van der Waals surface area contributed by atoms with Crippen LogP contribution in [0.15, 0.2) is 10.7 Å². The summed E-state index contributed by atoms with van der Waals surface area (Å²) in [7, 11) is 0. The molecule has 0 amide bonds. The van der Waals surface area contributed by atoms with E-state index in [1.54, 1.807) is 0 Å². The first-order valence-corrected chi connectivity index (χ1v) is 7.93. The summed E-state index contributed by atoms with van der Waals surface area (Å²) < 4.78 is 3.28. The minimum Gasteiger partial charge on any atom is -0.327 e. The van der Waals surface area contributed by atoms with E-state index in [9.17, 15) is 0 Å². The van der Waals surface area contributed by atoms with Crippen LogP contribution in [-0.2, 0) is 6.54 Å². The molecule has 0 aliphatic heterocycles. The van der Waals surface area contributed by atoms with Crippen LogP contribution >= 0.6 is 15.9 Å². The van der Waals surface area contributed by atoms with Gasteiger partial charge in [-0.3, -0.25) is 4.68 Å². The summed E-state index contributed by atoms with van der Waals surface area (Å²) in [5.41, 5.74) is 7.68. The number of aryl methyl sites for hydroxylation is 1. The lowest BCUT2D eigenvalue weighted by Gasteiger charge is -2.34. The SMILES string of the molecule is CCCn1ncc(Br)c1C1CC(CC)CCC1N. The van der Waals surface area contributed by atoms with E-state index in [4.69, 9.17) is 5.73 Å². The first-order chi connectivity index (χ1) is 8.67. The fraction of sp³-hybridized carbons (Fsp3) is 0.786. The van der Waals surface area contributed by atoms with Gasteiger partial charge in [-0.05, 0) is 47.5 Å². The third-order valence-corrected chi connectivity index (χ3v) is 4.82. The Balaban J connectivity index is 2.25. The van der Waals surface area contributed by atoms with Crippen LogP contribution in [0, 0.1) is 5.92 Å². The second-order valence-corrected chi connectivity index (χ2v) is 6.31. The molecular formula is C14H24BrN3. The molecule has 0 aromatic carbocycles. The van der Waals surface area contributed by atoms with Gasteiger partial charge in [0.25, 0.3) is 0 Å². The molecule has 3 unspecified atom stereocenters. The third-order valence-electron chi connectivity index (χ3n) is 4.21. The van der Waals surface area contributed by atoms with E-state index < -0.39 is 0 Å². The molecule has 1 aromatic heterocycles. The fourth-order valence-corrected chi connectivity index (χ4v) is 3.69. The summed E-state index contributed by atoms with van der Waals surface area (Å²) in [6.45, 7) is 5.47. The first-order valence-electron chi connectivity index (χ1n) is 7.14. The lowest BCUT2D eigenvalue weighted by atomic mass is 9.76. The Hall–Kier alpha value is -0.350. The molecule has 0 radical (unpaired) electrons. The van der Waals surface area contributed by atoms with E-state index in [-0.39, 0.29) is 6.04 Å². The summed E-state index contributed by atoms with van der Waals surface area (Å²) in [4.78, 5) is 0. The second-order valence-electron chi connectivity index (χ2n) is 5.46. The van der Waals surface area contributed by atoms with Gasteiger partial charge in [-0.1, -0.05) is 20.3 Å². The van der Waals surface area contributed by atoms with Gasteiger partial charge in [0.05, 0.1) is 16.4 Å². The first kappa shape index (κ1) is 14.1. The van der Waals surface area contributed by atoms with Gasteiger partial charge in [0.2, 0.25) is 0 Å². The maximum absolute atomic E-state index is 6.36. The summed E-state index contributed by atoms with van der Waals surface area (Å²) in [5.74, 6) is 1.29. The topological polar surface area (TPSA) is 43.8 Å². The molecule has 2 rings (SSSR count). The predicted molar refractivity (Wildman–Crippen MR) is 78.6 cm³/mol. The average molecular weight is 314 g/mol. The van der Waals surface area contributed by atoms with Crippen LogP contribution in [0.1, 0.15) is 57.6 Å². The van der Waals surface area contributed by atoms with Gasteiger partial charge in [-0.2, -0.15) is 5.10 Å². The molecule has 1 aromatic rings. The summed E-state index contributed by atoms with van der Waals surface area (Å²) >= 11 is 3.65. The molecule has 1 saturated carbocycles. The molecule has 102 valence electrons. The van der Waals surface area contributed by atoms with E-state index in [2.05, 4.69) is 39.6 Å². The Bertz CT molecular complexity index is 388. The highest BCUT2D eigenvalue weighted by molar-refractivity contribution is 9.10. The smallest absolute Gasteiger partial charge is 0.0635 e. The fourth-order valence-electron chi connectivity index (χ4n) is 3.10. The third kappa shape index (κ3) is 2.80. The van der Waals surface area contributed by atoms with Gasteiger partial charge < -0.3 is 5.73 Å². The maximum Gasteiger partial charge on any atom is 0.0635 e. The molecule has 0 spiro atoms. The Morgan fingerprint density at radius 2 is 2.22 bits per heavy atom. The van der Waals surface area contributed by atoms with Crippen LogP contribution in [0.5, 0.6) is 0 Å². The number of hydrogen-bond donors (Lipinski definition) is 1. The van der Waals surface area contributed by atoms with Crippen molar-refractivity contribution in [3.63, 3.8) is 0 Å². The minimum atomic E-state index is 0.288. The monoisotopic (exact) mass is 313 g/mol. The molecule has 1 aliphatic carbocycles. The number of aromatic nitrogens is 2. The van der Waals surface area contributed by atoms with Crippen molar-refractivity contribution in [3.8, 4) is 0 Å². The molecule has 1 heterocycles. The van der Waals surface area contributed by atoms with Crippen LogP contribution in [0.4, 0.5) is 0 Å². The molecule has 4 heteroatoms. The van der Waals surface area contributed by atoms with Gasteiger partial charge in [0.1, 0.15) is 0 Å². The van der Waals surface area contributed by atoms with Crippen LogP contribution in [0.25, 0.3) is 0 Å². The highest BCUT2D eigenvalue weighted by Gasteiger charge is 2.32. The maximum atomic E-state index is 6.36. The Morgan fingerprint density at radius 3 is 2.89 bits per heavy atom. The molecule has 3 atom stereocenters. The van der Waals surface area contributed by atoms with Gasteiger partial charge >= 0.3 is 0 Å². The van der Waals surface area contributed by atoms with E-state index in [1.165, 1.54) is 25.0 Å². The largest absolute Gasteiger partial charge is 0.327 e. The van der Waals surface area contributed by atoms with Crippen LogP contribution in [0.3, 0.4) is 0 Å². The molecule has 18 heavy (non-hydrogen) atoms. The lowest BCUT2D eigenvalue weighted by molar-refractivity contribution is 0.272. The van der Waals surface area contributed by atoms with Crippen LogP contribution in [0.2, 0.25) is 0 Å².